The molecule has 0 spiro atoms. The van der Waals surface area contributed by atoms with Gasteiger partial charge in [0.05, 0.1) is 5.52 Å². The van der Waals surface area contributed by atoms with Crippen molar-refractivity contribution in [2.75, 3.05) is 5.32 Å². The molecule has 0 radical (unpaired) electrons. The zero-order valence-electron chi connectivity index (χ0n) is 11.5. The van der Waals surface area contributed by atoms with Gasteiger partial charge in [-0.2, -0.15) is 0 Å². The van der Waals surface area contributed by atoms with Crippen LogP contribution in [0, 0.1) is 5.92 Å². The zero-order chi connectivity index (χ0) is 13.0. The lowest BCUT2D eigenvalue weighted by Crippen LogP contribution is -2.16. The van der Waals surface area contributed by atoms with E-state index in [2.05, 4.69) is 55.3 Å². The van der Waals surface area contributed by atoms with Gasteiger partial charge in [-0.1, -0.05) is 19.9 Å². The molecule has 0 aliphatic carbocycles. The summed E-state index contributed by atoms with van der Waals surface area (Å²) < 4.78 is 0. The molecule has 2 aromatic rings. The fourth-order valence-electron chi connectivity index (χ4n) is 2.15. The van der Waals surface area contributed by atoms with E-state index in [1.165, 1.54) is 23.9 Å². The summed E-state index contributed by atoms with van der Waals surface area (Å²) >= 11 is 0. The normalized spacial score (nSPS) is 12.9. The molecule has 2 nitrogen and oxygen atoms in total. The van der Waals surface area contributed by atoms with E-state index < -0.39 is 0 Å². The summed E-state index contributed by atoms with van der Waals surface area (Å²) in [4.78, 5) is 4.38. The van der Waals surface area contributed by atoms with Gasteiger partial charge in [-0.25, -0.2) is 0 Å². The number of nitrogens with one attached hydrogen (secondary N) is 1. The summed E-state index contributed by atoms with van der Waals surface area (Å²) in [6, 6.07) is 10.9. The highest BCUT2D eigenvalue weighted by Crippen LogP contribution is 2.22. The second-order valence-corrected chi connectivity index (χ2v) is 5.39. The SMILES string of the molecule is CC(C)CCC(C)Nc1cccc2ncccc12. The monoisotopic (exact) mass is 242 g/mol. The number of pyridine rings is 1. The third-order valence-electron chi connectivity index (χ3n) is 3.22. The molecule has 1 heterocycles. The van der Waals surface area contributed by atoms with Gasteiger partial charge in [0.25, 0.3) is 0 Å². The van der Waals surface area contributed by atoms with Crippen LogP contribution in [0.15, 0.2) is 36.5 Å². The van der Waals surface area contributed by atoms with Crippen molar-refractivity contribution in [3.05, 3.63) is 36.5 Å². The van der Waals surface area contributed by atoms with Gasteiger partial charge in [0.2, 0.25) is 0 Å². The summed E-state index contributed by atoms with van der Waals surface area (Å²) in [6.45, 7) is 6.79. The topological polar surface area (TPSA) is 24.9 Å². The van der Waals surface area contributed by atoms with Gasteiger partial charge in [-0.05, 0) is 49.9 Å². The Labute approximate surface area is 109 Å². The quantitative estimate of drug-likeness (QED) is 0.836. The molecule has 18 heavy (non-hydrogen) atoms. The minimum absolute atomic E-state index is 0.498. The maximum Gasteiger partial charge on any atom is 0.0722 e. The predicted molar refractivity (Wildman–Crippen MR) is 78.9 cm³/mol. The van der Waals surface area contributed by atoms with Crippen molar-refractivity contribution in [1.82, 2.24) is 4.98 Å². The second kappa shape index (κ2) is 5.85. The van der Waals surface area contributed by atoms with E-state index in [0.29, 0.717) is 6.04 Å². The summed E-state index contributed by atoms with van der Waals surface area (Å²) in [5.41, 5.74) is 2.25. The number of hydrogen-bond acceptors (Lipinski definition) is 2. The Morgan fingerprint density at radius 2 is 1.89 bits per heavy atom. The van der Waals surface area contributed by atoms with Crippen molar-refractivity contribution in [3.63, 3.8) is 0 Å². The number of anilines is 1. The van der Waals surface area contributed by atoms with E-state index in [1.54, 1.807) is 0 Å². The lowest BCUT2D eigenvalue weighted by Gasteiger charge is -2.17. The largest absolute Gasteiger partial charge is 0.382 e. The molecule has 2 rings (SSSR count). The van der Waals surface area contributed by atoms with Crippen molar-refractivity contribution in [1.29, 1.82) is 0 Å². The van der Waals surface area contributed by atoms with Gasteiger partial charge in [0.1, 0.15) is 0 Å². The average molecular weight is 242 g/mol. The molecule has 1 N–H and O–H groups in total. The lowest BCUT2D eigenvalue weighted by molar-refractivity contribution is 0.528. The first-order valence-corrected chi connectivity index (χ1v) is 6.77. The van der Waals surface area contributed by atoms with Gasteiger partial charge < -0.3 is 5.32 Å². The van der Waals surface area contributed by atoms with Crippen molar-refractivity contribution in [2.45, 2.75) is 39.7 Å². The molecule has 96 valence electrons. The third kappa shape index (κ3) is 3.22. The number of rotatable bonds is 5. The Morgan fingerprint density at radius 3 is 2.67 bits per heavy atom. The average Bonchev–Trinajstić information content (AvgIpc) is 2.37. The summed E-state index contributed by atoms with van der Waals surface area (Å²) in [5.74, 6) is 0.767. The highest BCUT2D eigenvalue weighted by molar-refractivity contribution is 5.91. The first kappa shape index (κ1) is 12.9. The molecule has 1 unspecified atom stereocenters. The van der Waals surface area contributed by atoms with Crippen LogP contribution in [0.4, 0.5) is 5.69 Å². The lowest BCUT2D eigenvalue weighted by atomic mass is 10.0. The van der Waals surface area contributed by atoms with Crippen LogP contribution >= 0.6 is 0 Å². The third-order valence-corrected chi connectivity index (χ3v) is 3.22. The van der Waals surface area contributed by atoms with Crippen LogP contribution in [-0.4, -0.2) is 11.0 Å². The molecular weight excluding hydrogens is 220 g/mol. The number of benzene rings is 1. The van der Waals surface area contributed by atoms with Gasteiger partial charge >= 0.3 is 0 Å². The van der Waals surface area contributed by atoms with Crippen LogP contribution in [0.2, 0.25) is 0 Å². The van der Waals surface area contributed by atoms with Crippen LogP contribution in [0.3, 0.4) is 0 Å². The van der Waals surface area contributed by atoms with E-state index in [9.17, 15) is 0 Å². The van der Waals surface area contributed by atoms with Crippen LogP contribution in [0.5, 0.6) is 0 Å². The van der Waals surface area contributed by atoms with Crippen molar-refractivity contribution >= 4 is 16.6 Å². The molecule has 2 heteroatoms. The Morgan fingerprint density at radius 1 is 1.06 bits per heavy atom. The Hall–Kier alpha value is -1.57. The molecule has 1 aromatic heterocycles. The van der Waals surface area contributed by atoms with Gasteiger partial charge in [-0.3, -0.25) is 4.98 Å². The van der Waals surface area contributed by atoms with E-state index in [4.69, 9.17) is 0 Å². The summed E-state index contributed by atoms with van der Waals surface area (Å²) in [5, 5.41) is 4.81. The van der Waals surface area contributed by atoms with Gasteiger partial charge in [-0.15, -0.1) is 0 Å². The molecule has 0 saturated carbocycles. The van der Waals surface area contributed by atoms with E-state index >= 15 is 0 Å². The van der Waals surface area contributed by atoms with E-state index in [-0.39, 0.29) is 0 Å². The predicted octanol–water partition coefficient (Wildman–Crippen LogP) is 4.47. The van der Waals surface area contributed by atoms with E-state index in [1.807, 2.05) is 12.3 Å². The second-order valence-electron chi connectivity index (χ2n) is 5.39. The number of fused-ring (bicyclic) bond motifs is 1. The molecule has 0 amide bonds. The van der Waals surface area contributed by atoms with Gasteiger partial charge in [0, 0.05) is 23.3 Å². The Kier molecular flexibility index (Phi) is 4.19. The zero-order valence-corrected chi connectivity index (χ0v) is 11.5. The molecule has 1 atom stereocenters. The van der Waals surface area contributed by atoms with Crippen molar-refractivity contribution in [3.8, 4) is 0 Å². The van der Waals surface area contributed by atoms with Gasteiger partial charge in [0.15, 0.2) is 0 Å². The van der Waals surface area contributed by atoms with Crippen LogP contribution in [0.25, 0.3) is 10.9 Å². The summed E-state index contributed by atoms with van der Waals surface area (Å²) in [7, 11) is 0. The maximum atomic E-state index is 4.38. The van der Waals surface area contributed by atoms with Crippen LogP contribution < -0.4 is 5.32 Å². The highest BCUT2D eigenvalue weighted by atomic mass is 14.9. The molecule has 0 bridgehead atoms. The number of aromatic nitrogens is 1. The maximum absolute atomic E-state index is 4.38. The highest BCUT2D eigenvalue weighted by Gasteiger charge is 2.06. The minimum atomic E-state index is 0.498. The smallest absolute Gasteiger partial charge is 0.0722 e. The molecule has 0 saturated heterocycles. The van der Waals surface area contributed by atoms with E-state index in [0.717, 1.165) is 11.4 Å². The Bertz CT molecular complexity index is 500. The van der Waals surface area contributed by atoms with Crippen LogP contribution in [-0.2, 0) is 0 Å². The van der Waals surface area contributed by atoms with Crippen molar-refractivity contribution in [2.24, 2.45) is 5.92 Å². The Balaban J connectivity index is 2.11. The first-order valence-electron chi connectivity index (χ1n) is 6.77. The molecule has 0 fully saturated rings. The molecular formula is C16H22N2. The molecule has 0 aliphatic rings. The van der Waals surface area contributed by atoms with Crippen LogP contribution in [0.1, 0.15) is 33.6 Å². The fourth-order valence-corrected chi connectivity index (χ4v) is 2.15. The standard InChI is InChI=1S/C16H22N2/c1-12(2)9-10-13(3)18-16-8-4-7-15-14(16)6-5-11-17-15/h4-8,11-13,18H,9-10H2,1-3H3. The van der Waals surface area contributed by atoms with Crippen molar-refractivity contribution < 1.29 is 0 Å². The number of hydrogen-bond donors (Lipinski definition) is 1. The molecule has 0 aliphatic heterocycles. The molecule has 1 aromatic carbocycles. The number of nitrogens with zero attached hydrogens (tertiary/aromatic N) is 1. The first-order chi connectivity index (χ1) is 8.66. The fraction of sp³-hybridized carbons (Fsp3) is 0.438. The minimum Gasteiger partial charge on any atom is -0.382 e. The summed E-state index contributed by atoms with van der Waals surface area (Å²) in [6.07, 6.45) is 4.31.